The van der Waals surface area contributed by atoms with Gasteiger partial charge in [-0.15, -0.1) is 0 Å². The van der Waals surface area contributed by atoms with Crippen molar-refractivity contribution in [3.05, 3.63) is 0 Å². The monoisotopic (exact) mass is 230 g/mol. The molecule has 0 spiro atoms. The Labute approximate surface area is 101 Å². The van der Waals surface area contributed by atoms with Crippen molar-refractivity contribution in [2.75, 3.05) is 6.61 Å². The maximum atomic E-state index is 9.76. The average Bonchev–Trinajstić information content (AvgIpc) is 2.28. The van der Waals surface area contributed by atoms with E-state index in [-0.39, 0.29) is 12.2 Å². The van der Waals surface area contributed by atoms with Crippen LogP contribution in [0.4, 0.5) is 0 Å². The molecule has 0 bridgehead atoms. The highest BCUT2D eigenvalue weighted by atomic mass is 16.5. The molecule has 2 unspecified atom stereocenters. The Morgan fingerprint density at radius 1 is 0.938 bits per heavy atom. The van der Waals surface area contributed by atoms with E-state index >= 15 is 0 Å². The molecule has 0 rings (SSSR count). The lowest BCUT2D eigenvalue weighted by Crippen LogP contribution is -2.25. The lowest BCUT2D eigenvalue weighted by atomic mass is 10.0. The molecule has 0 aliphatic rings. The number of hydrogen-bond acceptors (Lipinski definition) is 2. The number of rotatable bonds is 11. The van der Waals surface area contributed by atoms with Gasteiger partial charge in [-0.25, -0.2) is 0 Å². The fourth-order valence-electron chi connectivity index (χ4n) is 1.92. The van der Waals surface area contributed by atoms with Gasteiger partial charge in [-0.1, -0.05) is 51.9 Å². The summed E-state index contributed by atoms with van der Waals surface area (Å²) in [5.41, 5.74) is 0. The molecule has 0 aromatic carbocycles. The van der Waals surface area contributed by atoms with Gasteiger partial charge in [-0.05, 0) is 20.3 Å². The van der Waals surface area contributed by atoms with Crippen molar-refractivity contribution in [1.29, 1.82) is 0 Å². The highest BCUT2D eigenvalue weighted by molar-refractivity contribution is 4.63. The number of ether oxygens (including phenoxy) is 1. The lowest BCUT2D eigenvalue weighted by molar-refractivity contribution is -0.0256. The van der Waals surface area contributed by atoms with Gasteiger partial charge in [-0.2, -0.15) is 0 Å². The minimum absolute atomic E-state index is 0.00917. The van der Waals surface area contributed by atoms with Crippen LogP contribution in [0.15, 0.2) is 0 Å². The molecule has 0 aromatic rings. The summed E-state index contributed by atoms with van der Waals surface area (Å²) in [6, 6.07) is 0. The minimum Gasteiger partial charge on any atom is -0.390 e. The number of aliphatic hydroxyl groups excluding tert-OH is 1. The van der Waals surface area contributed by atoms with Gasteiger partial charge >= 0.3 is 0 Å². The van der Waals surface area contributed by atoms with Gasteiger partial charge in [0.05, 0.1) is 12.2 Å². The summed E-state index contributed by atoms with van der Waals surface area (Å²) in [5.74, 6) is 0. The fourth-order valence-corrected chi connectivity index (χ4v) is 1.92. The number of aliphatic hydroxyl groups is 1. The van der Waals surface area contributed by atoms with Gasteiger partial charge in [-0.3, -0.25) is 0 Å². The van der Waals surface area contributed by atoms with Crippen molar-refractivity contribution >= 4 is 0 Å². The average molecular weight is 230 g/mol. The maximum absolute atomic E-state index is 9.76. The standard InChI is InChI=1S/C14H30O2/c1-4-6-7-8-9-10-11-12-14(15)13(3)16-5-2/h13-15H,4-12H2,1-3H3. The molecule has 0 radical (unpaired) electrons. The Kier molecular flexibility index (Phi) is 11.3. The lowest BCUT2D eigenvalue weighted by Gasteiger charge is -2.18. The van der Waals surface area contributed by atoms with Gasteiger partial charge in [0.1, 0.15) is 0 Å². The Morgan fingerprint density at radius 2 is 1.50 bits per heavy atom. The largest absolute Gasteiger partial charge is 0.390 e. The molecule has 2 atom stereocenters. The first-order valence-electron chi connectivity index (χ1n) is 7.02. The first-order chi connectivity index (χ1) is 7.72. The Bertz CT molecular complexity index is 137. The van der Waals surface area contributed by atoms with Crippen LogP contribution in [-0.4, -0.2) is 23.9 Å². The van der Waals surface area contributed by atoms with E-state index in [0.29, 0.717) is 6.61 Å². The second-order valence-electron chi connectivity index (χ2n) is 4.64. The van der Waals surface area contributed by atoms with E-state index in [1.807, 2.05) is 13.8 Å². The van der Waals surface area contributed by atoms with Crippen LogP contribution in [0.1, 0.15) is 72.1 Å². The molecule has 0 saturated heterocycles. The summed E-state index contributed by atoms with van der Waals surface area (Å²) in [6.07, 6.45) is 9.68. The predicted molar refractivity (Wildman–Crippen MR) is 69.7 cm³/mol. The van der Waals surface area contributed by atoms with Crippen molar-refractivity contribution in [3.8, 4) is 0 Å². The van der Waals surface area contributed by atoms with E-state index in [4.69, 9.17) is 4.74 Å². The summed E-state index contributed by atoms with van der Waals surface area (Å²) in [5, 5.41) is 9.76. The summed E-state index contributed by atoms with van der Waals surface area (Å²) in [7, 11) is 0. The molecule has 16 heavy (non-hydrogen) atoms. The molecule has 2 nitrogen and oxygen atoms in total. The van der Waals surface area contributed by atoms with Crippen LogP contribution in [0.2, 0.25) is 0 Å². The maximum Gasteiger partial charge on any atom is 0.0805 e. The Hall–Kier alpha value is -0.0800. The zero-order valence-corrected chi connectivity index (χ0v) is 11.4. The van der Waals surface area contributed by atoms with Crippen LogP contribution < -0.4 is 0 Å². The molecule has 0 aliphatic heterocycles. The zero-order valence-electron chi connectivity index (χ0n) is 11.4. The van der Waals surface area contributed by atoms with Crippen LogP contribution in [0, 0.1) is 0 Å². The smallest absolute Gasteiger partial charge is 0.0805 e. The molecule has 0 saturated carbocycles. The van der Waals surface area contributed by atoms with E-state index < -0.39 is 0 Å². The Balaban J connectivity index is 3.23. The highest BCUT2D eigenvalue weighted by Gasteiger charge is 2.12. The number of hydrogen-bond donors (Lipinski definition) is 1. The summed E-state index contributed by atoms with van der Waals surface area (Å²) in [6.45, 7) is 6.85. The zero-order chi connectivity index (χ0) is 12.2. The van der Waals surface area contributed by atoms with Crippen LogP contribution in [-0.2, 0) is 4.74 Å². The van der Waals surface area contributed by atoms with Gasteiger partial charge in [0.2, 0.25) is 0 Å². The fraction of sp³-hybridized carbons (Fsp3) is 1.00. The molecule has 0 fully saturated rings. The van der Waals surface area contributed by atoms with E-state index in [1.54, 1.807) is 0 Å². The second-order valence-corrected chi connectivity index (χ2v) is 4.64. The summed E-state index contributed by atoms with van der Waals surface area (Å²) < 4.78 is 5.36. The molecular formula is C14H30O2. The second kappa shape index (κ2) is 11.4. The van der Waals surface area contributed by atoms with Gasteiger partial charge in [0.25, 0.3) is 0 Å². The normalized spacial score (nSPS) is 15.0. The molecule has 2 heteroatoms. The third kappa shape index (κ3) is 9.17. The third-order valence-electron chi connectivity index (χ3n) is 3.07. The first kappa shape index (κ1) is 15.9. The highest BCUT2D eigenvalue weighted by Crippen LogP contribution is 2.12. The van der Waals surface area contributed by atoms with Crippen molar-refractivity contribution < 1.29 is 9.84 Å². The SMILES string of the molecule is CCCCCCCCCC(O)C(C)OCC. The molecule has 0 amide bonds. The molecular weight excluding hydrogens is 200 g/mol. The third-order valence-corrected chi connectivity index (χ3v) is 3.07. The van der Waals surface area contributed by atoms with Crippen LogP contribution in [0.5, 0.6) is 0 Å². The Morgan fingerprint density at radius 3 is 2.06 bits per heavy atom. The molecule has 98 valence electrons. The van der Waals surface area contributed by atoms with Crippen molar-refractivity contribution in [3.63, 3.8) is 0 Å². The van der Waals surface area contributed by atoms with E-state index in [1.165, 1.54) is 38.5 Å². The van der Waals surface area contributed by atoms with Crippen LogP contribution in [0.3, 0.4) is 0 Å². The van der Waals surface area contributed by atoms with Crippen molar-refractivity contribution in [1.82, 2.24) is 0 Å². The van der Waals surface area contributed by atoms with E-state index in [0.717, 1.165) is 12.8 Å². The molecule has 0 heterocycles. The molecule has 1 N–H and O–H groups in total. The van der Waals surface area contributed by atoms with E-state index in [2.05, 4.69) is 6.92 Å². The van der Waals surface area contributed by atoms with Crippen molar-refractivity contribution in [2.24, 2.45) is 0 Å². The predicted octanol–water partition coefficient (Wildman–Crippen LogP) is 3.91. The van der Waals surface area contributed by atoms with Gasteiger partial charge in [0.15, 0.2) is 0 Å². The van der Waals surface area contributed by atoms with Crippen molar-refractivity contribution in [2.45, 2.75) is 84.3 Å². The first-order valence-corrected chi connectivity index (χ1v) is 7.02. The van der Waals surface area contributed by atoms with E-state index in [9.17, 15) is 5.11 Å². The summed E-state index contributed by atoms with van der Waals surface area (Å²) >= 11 is 0. The summed E-state index contributed by atoms with van der Waals surface area (Å²) in [4.78, 5) is 0. The van der Waals surface area contributed by atoms with Gasteiger partial charge < -0.3 is 9.84 Å². The van der Waals surface area contributed by atoms with Crippen LogP contribution >= 0.6 is 0 Å². The minimum atomic E-state index is -0.282. The molecule has 0 aromatic heterocycles. The van der Waals surface area contributed by atoms with Crippen LogP contribution in [0.25, 0.3) is 0 Å². The topological polar surface area (TPSA) is 29.5 Å². The molecule has 0 aliphatic carbocycles. The number of unbranched alkanes of at least 4 members (excludes halogenated alkanes) is 6. The quantitative estimate of drug-likeness (QED) is 0.545. The van der Waals surface area contributed by atoms with Gasteiger partial charge in [0, 0.05) is 6.61 Å².